The van der Waals surface area contributed by atoms with E-state index in [-0.39, 0.29) is 6.61 Å². The molecular formula is C36H41FN4O4. The molecule has 2 aromatic carbocycles. The third kappa shape index (κ3) is 11.3. The van der Waals surface area contributed by atoms with Gasteiger partial charge in [-0.3, -0.25) is 4.90 Å². The topological polar surface area (TPSA) is 112 Å². The molecule has 1 saturated heterocycles. The van der Waals surface area contributed by atoms with Crippen molar-refractivity contribution in [2.45, 2.75) is 59.5 Å². The second-order valence-corrected chi connectivity index (χ2v) is 11.0. The molecule has 45 heavy (non-hydrogen) atoms. The van der Waals surface area contributed by atoms with Crippen LogP contribution in [0.15, 0.2) is 83.8 Å². The maximum atomic E-state index is 14.0. The number of hydrogen-bond donors (Lipinski definition) is 1. The van der Waals surface area contributed by atoms with Crippen LogP contribution in [0.4, 0.5) is 4.39 Å². The highest BCUT2D eigenvalue weighted by atomic mass is 19.1. The first-order valence-electron chi connectivity index (χ1n) is 14.9. The minimum Gasteiger partial charge on any atom is -0.478 e. The number of nitriles is 1. The summed E-state index contributed by atoms with van der Waals surface area (Å²) in [5.74, 6) is 0.561. The van der Waals surface area contributed by atoms with Gasteiger partial charge in [-0.1, -0.05) is 37.3 Å². The Morgan fingerprint density at radius 1 is 1.16 bits per heavy atom. The van der Waals surface area contributed by atoms with E-state index in [0.29, 0.717) is 28.5 Å². The zero-order valence-electron chi connectivity index (χ0n) is 26.4. The number of benzene rings is 2. The summed E-state index contributed by atoms with van der Waals surface area (Å²) >= 11 is 0. The molecule has 1 fully saturated rings. The lowest BCUT2D eigenvalue weighted by Gasteiger charge is -2.31. The van der Waals surface area contributed by atoms with Crippen LogP contribution < -0.4 is 4.74 Å². The fourth-order valence-corrected chi connectivity index (χ4v) is 4.68. The summed E-state index contributed by atoms with van der Waals surface area (Å²) < 4.78 is 24.5. The number of aromatic carboxylic acids is 1. The number of halogens is 1. The van der Waals surface area contributed by atoms with E-state index in [4.69, 9.17) is 19.5 Å². The highest BCUT2D eigenvalue weighted by Crippen LogP contribution is 2.28. The monoisotopic (exact) mass is 612 g/mol. The van der Waals surface area contributed by atoms with Gasteiger partial charge in [-0.05, 0) is 88.2 Å². The van der Waals surface area contributed by atoms with Gasteiger partial charge in [0.2, 0.25) is 5.88 Å². The summed E-state index contributed by atoms with van der Waals surface area (Å²) in [6.45, 7) is 15.1. The molecule has 0 atom stereocenters. The largest absolute Gasteiger partial charge is 0.478 e. The van der Waals surface area contributed by atoms with Crippen LogP contribution in [0.5, 0.6) is 5.88 Å². The Hall–Kier alpha value is -4.81. The van der Waals surface area contributed by atoms with Crippen LogP contribution in [0.1, 0.15) is 76.7 Å². The van der Waals surface area contributed by atoms with Gasteiger partial charge in [-0.2, -0.15) is 5.26 Å². The predicted octanol–water partition coefficient (Wildman–Crippen LogP) is 7.67. The summed E-state index contributed by atoms with van der Waals surface area (Å²) in [6.07, 6.45) is 6.22. The normalized spacial score (nSPS) is 13.0. The van der Waals surface area contributed by atoms with Gasteiger partial charge in [-0.25, -0.2) is 19.2 Å². The van der Waals surface area contributed by atoms with Crippen LogP contribution in [-0.4, -0.2) is 45.6 Å². The Morgan fingerprint density at radius 3 is 2.47 bits per heavy atom. The van der Waals surface area contributed by atoms with E-state index in [0.717, 1.165) is 61.5 Å². The summed E-state index contributed by atoms with van der Waals surface area (Å²) in [5.41, 5.74) is 5.43. The van der Waals surface area contributed by atoms with Crippen molar-refractivity contribution >= 4 is 5.97 Å². The van der Waals surface area contributed by atoms with Crippen LogP contribution in [0.25, 0.3) is 0 Å². The molecule has 0 bridgehead atoms. The number of aryl methyl sites for hydroxylation is 3. The third-order valence-electron chi connectivity index (χ3n) is 7.39. The molecule has 2 aromatic heterocycles. The lowest BCUT2D eigenvalue weighted by atomic mass is 9.93. The number of likely N-dealkylation sites (tertiary alicyclic amines) is 1. The second-order valence-electron chi connectivity index (χ2n) is 11.0. The molecule has 1 N–H and O–H groups in total. The molecule has 8 nitrogen and oxygen atoms in total. The molecule has 0 radical (unpaired) electrons. The minimum atomic E-state index is -0.867. The van der Waals surface area contributed by atoms with E-state index >= 15 is 0 Å². The van der Waals surface area contributed by atoms with Gasteiger partial charge in [0.05, 0.1) is 23.4 Å². The Kier molecular flexibility index (Phi) is 13.5. The van der Waals surface area contributed by atoms with Gasteiger partial charge in [0.25, 0.3) is 0 Å². The van der Waals surface area contributed by atoms with Crippen molar-refractivity contribution in [3.8, 4) is 11.9 Å². The number of pyridine rings is 1. The highest BCUT2D eigenvalue weighted by molar-refractivity contribution is 5.87. The summed E-state index contributed by atoms with van der Waals surface area (Å²) in [4.78, 5) is 21.2. The summed E-state index contributed by atoms with van der Waals surface area (Å²) in [5, 5.41) is 17.4. The SMILES string of the molecule is C=C(C)CN1CCC(c2cccc(OCc3ccc(C#N)cc3F)n2)CC1.CCc1cnco1.Cc1ccc(C(=O)O)cc1C. The number of aromatic nitrogens is 2. The van der Waals surface area contributed by atoms with Gasteiger partial charge in [-0.15, -0.1) is 0 Å². The first-order chi connectivity index (χ1) is 21.6. The van der Waals surface area contributed by atoms with Crippen molar-refractivity contribution in [2.75, 3.05) is 19.6 Å². The van der Waals surface area contributed by atoms with Crippen molar-refractivity contribution < 1.29 is 23.4 Å². The number of carboxylic acid groups (broad SMARTS) is 1. The molecule has 4 aromatic rings. The van der Waals surface area contributed by atoms with Crippen LogP contribution in [0, 0.1) is 31.0 Å². The zero-order valence-corrected chi connectivity index (χ0v) is 26.4. The summed E-state index contributed by atoms with van der Waals surface area (Å²) in [7, 11) is 0. The van der Waals surface area contributed by atoms with Crippen LogP contribution in [0.3, 0.4) is 0 Å². The van der Waals surface area contributed by atoms with Gasteiger partial charge in [0.1, 0.15) is 18.2 Å². The van der Waals surface area contributed by atoms with Crippen LogP contribution in [0.2, 0.25) is 0 Å². The molecular weight excluding hydrogens is 571 g/mol. The fraction of sp³-hybridized carbons (Fsp3) is 0.333. The average Bonchev–Trinajstić information content (AvgIpc) is 3.57. The van der Waals surface area contributed by atoms with E-state index in [1.807, 2.05) is 45.0 Å². The predicted molar refractivity (Wildman–Crippen MR) is 172 cm³/mol. The molecule has 3 heterocycles. The van der Waals surface area contributed by atoms with Crippen molar-refractivity contribution in [3.05, 3.63) is 124 Å². The molecule has 0 spiro atoms. The average molecular weight is 613 g/mol. The minimum absolute atomic E-state index is 0.0883. The van der Waals surface area contributed by atoms with Gasteiger partial charge < -0.3 is 14.3 Å². The molecule has 5 rings (SSSR count). The Morgan fingerprint density at radius 2 is 1.91 bits per heavy atom. The lowest BCUT2D eigenvalue weighted by molar-refractivity contribution is 0.0696. The summed E-state index contributed by atoms with van der Waals surface area (Å²) in [6, 6.07) is 17.2. The molecule has 0 amide bonds. The number of nitrogens with zero attached hydrogens (tertiary/aromatic N) is 4. The number of rotatable bonds is 8. The first kappa shape index (κ1) is 34.7. The third-order valence-corrected chi connectivity index (χ3v) is 7.39. The number of carbonyl (C=O) groups is 1. The molecule has 0 aliphatic carbocycles. The smallest absolute Gasteiger partial charge is 0.335 e. The standard InChI is InChI=1S/C22H24FN3O.C9H10O2.C5H7NO/c1-16(2)14-26-10-8-18(9-11-26)21-4-3-5-22(25-21)27-15-19-7-6-17(13-24)12-20(19)23;1-6-3-4-8(9(10)11)5-7(6)2;1-2-5-3-6-4-7-5/h3-7,12,18H,1,8-11,14-15H2,2H3;3-5H,1-2H3,(H,10,11);3-4H,2H2,1H3. The molecule has 1 aliphatic heterocycles. The Balaban J connectivity index is 0.000000249. The van der Waals surface area contributed by atoms with Crippen LogP contribution in [-0.2, 0) is 13.0 Å². The Labute approximate surface area is 264 Å². The van der Waals surface area contributed by atoms with Gasteiger partial charge in [0.15, 0.2) is 6.39 Å². The first-order valence-corrected chi connectivity index (χ1v) is 14.9. The van der Waals surface area contributed by atoms with Crippen molar-refractivity contribution in [3.63, 3.8) is 0 Å². The number of carboxylic acids is 1. The van der Waals surface area contributed by atoms with E-state index in [9.17, 15) is 9.18 Å². The van der Waals surface area contributed by atoms with E-state index in [1.165, 1.54) is 18.0 Å². The maximum absolute atomic E-state index is 14.0. The molecule has 0 saturated carbocycles. The second kappa shape index (κ2) is 17.5. The van der Waals surface area contributed by atoms with Crippen LogP contribution >= 0.6 is 0 Å². The number of piperidine rings is 1. The molecule has 1 aliphatic rings. The molecule has 0 unspecified atom stereocenters. The maximum Gasteiger partial charge on any atom is 0.335 e. The van der Waals surface area contributed by atoms with E-state index < -0.39 is 11.8 Å². The van der Waals surface area contributed by atoms with Crippen molar-refractivity contribution in [1.82, 2.24) is 14.9 Å². The number of oxazole rings is 1. The molecule has 9 heteroatoms. The number of hydrogen-bond acceptors (Lipinski definition) is 7. The van der Waals surface area contributed by atoms with Crippen molar-refractivity contribution in [2.24, 2.45) is 0 Å². The zero-order chi connectivity index (χ0) is 32.8. The Bertz CT molecular complexity index is 1590. The fourth-order valence-electron chi connectivity index (χ4n) is 4.68. The van der Waals surface area contributed by atoms with Gasteiger partial charge >= 0.3 is 5.97 Å². The molecule has 236 valence electrons. The van der Waals surface area contributed by atoms with Crippen molar-refractivity contribution in [1.29, 1.82) is 5.26 Å². The van der Waals surface area contributed by atoms with E-state index in [1.54, 1.807) is 36.5 Å². The highest BCUT2D eigenvalue weighted by Gasteiger charge is 2.21. The van der Waals surface area contributed by atoms with E-state index in [2.05, 4.69) is 28.4 Å². The van der Waals surface area contributed by atoms with Gasteiger partial charge in [0, 0.05) is 36.2 Å². The quantitative estimate of drug-likeness (QED) is 0.202. The lowest BCUT2D eigenvalue weighted by Crippen LogP contribution is -2.34. The number of ether oxygens (including phenoxy) is 1.